The van der Waals surface area contributed by atoms with Crippen LogP contribution in [0.5, 0.6) is 11.5 Å². The van der Waals surface area contributed by atoms with Gasteiger partial charge in [0.15, 0.2) is 11.5 Å². The molecule has 0 N–H and O–H groups in total. The summed E-state index contributed by atoms with van der Waals surface area (Å²) in [7, 11) is 0. The SMILES string of the molecule is O=C1Cc2cc3c(cc2CCN1CCCCl)OCCO3. The van der Waals surface area contributed by atoms with Gasteiger partial charge in [-0.25, -0.2) is 0 Å². The van der Waals surface area contributed by atoms with Crippen molar-refractivity contribution in [1.82, 2.24) is 4.90 Å². The first-order valence-electron chi connectivity index (χ1n) is 7.03. The Labute approximate surface area is 123 Å². The second-order valence-electron chi connectivity index (χ2n) is 5.11. The van der Waals surface area contributed by atoms with E-state index in [9.17, 15) is 4.79 Å². The molecule has 3 rings (SSSR count). The van der Waals surface area contributed by atoms with Crippen molar-refractivity contribution in [2.24, 2.45) is 0 Å². The number of nitrogens with zero attached hydrogens (tertiary/aromatic N) is 1. The Bertz CT molecular complexity index is 518. The Morgan fingerprint density at radius 3 is 2.55 bits per heavy atom. The highest BCUT2D eigenvalue weighted by atomic mass is 35.5. The summed E-state index contributed by atoms with van der Waals surface area (Å²) in [5, 5.41) is 0. The molecule has 108 valence electrons. The summed E-state index contributed by atoms with van der Waals surface area (Å²) in [4.78, 5) is 14.2. The molecule has 0 radical (unpaired) electrons. The van der Waals surface area contributed by atoms with Gasteiger partial charge in [0, 0.05) is 19.0 Å². The summed E-state index contributed by atoms with van der Waals surface area (Å²) < 4.78 is 11.2. The highest BCUT2D eigenvalue weighted by Gasteiger charge is 2.23. The van der Waals surface area contributed by atoms with Crippen LogP contribution in [-0.2, 0) is 17.6 Å². The largest absolute Gasteiger partial charge is 0.486 e. The van der Waals surface area contributed by atoms with Gasteiger partial charge in [0.05, 0.1) is 6.42 Å². The number of carbonyl (C=O) groups is 1. The third-order valence-corrected chi connectivity index (χ3v) is 4.04. The van der Waals surface area contributed by atoms with Gasteiger partial charge >= 0.3 is 0 Å². The monoisotopic (exact) mass is 295 g/mol. The van der Waals surface area contributed by atoms with E-state index in [1.165, 1.54) is 5.56 Å². The van der Waals surface area contributed by atoms with Crippen molar-refractivity contribution in [2.45, 2.75) is 19.3 Å². The first kappa shape index (κ1) is 13.6. The maximum atomic E-state index is 12.3. The minimum Gasteiger partial charge on any atom is -0.486 e. The molecule has 0 spiro atoms. The van der Waals surface area contributed by atoms with E-state index in [1.807, 2.05) is 17.0 Å². The van der Waals surface area contributed by atoms with Crippen molar-refractivity contribution < 1.29 is 14.3 Å². The van der Waals surface area contributed by atoms with E-state index in [4.69, 9.17) is 21.1 Å². The van der Waals surface area contributed by atoms with Gasteiger partial charge in [0.1, 0.15) is 13.2 Å². The van der Waals surface area contributed by atoms with Gasteiger partial charge in [-0.1, -0.05) is 0 Å². The van der Waals surface area contributed by atoms with E-state index >= 15 is 0 Å². The molecule has 0 fully saturated rings. The summed E-state index contributed by atoms with van der Waals surface area (Å²) >= 11 is 5.71. The van der Waals surface area contributed by atoms with Crippen molar-refractivity contribution in [3.63, 3.8) is 0 Å². The van der Waals surface area contributed by atoms with Crippen LogP contribution in [0.3, 0.4) is 0 Å². The lowest BCUT2D eigenvalue weighted by Crippen LogP contribution is -2.33. The molecule has 0 saturated heterocycles. The molecule has 2 aliphatic heterocycles. The summed E-state index contributed by atoms with van der Waals surface area (Å²) in [6, 6.07) is 3.99. The van der Waals surface area contributed by atoms with Crippen LogP contribution in [0, 0.1) is 0 Å². The zero-order valence-corrected chi connectivity index (χ0v) is 12.1. The Balaban J connectivity index is 1.82. The fourth-order valence-electron chi connectivity index (χ4n) is 2.71. The molecular formula is C15H18ClNO3. The number of carbonyl (C=O) groups excluding carboxylic acids is 1. The first-order chi connectivity index (χ1) is 9.78. The molecule has 0 unspecified atom stereocenters. The maximum Gasteiger partial charge on any atom is 0.227 e. The van der Waals surface area contributed by atoms with Gasteiger partial charge in [-0.3, -0.25) is 4.79 Å². The molecule has 0 aliphatic carbocycles. The van der Waals surface area contributed by atoms with Crippen molar-refractivity contribution in [2.75, 3.05) is 32.2 Å². The summed E-state index contributed by atoms with van der Waals surface area (Å²) in [5.41, 5.74) is 2.25. The number of hydrogen-bond donors (Lipinski definition) is 0. The number of fused-ring (bicyclic) bond motifs is 2. The molecule has 0 atom stereocenters. The van der Waals surface area contributed by atoms with Crippen LogP contribution in [-0.4, -0.2) is 43.0 Å². The van der Waals surface area contributed by atoms with E-state index < -0.39 is 0 Å². The summed E-state index contributed by atoms with van der Waals surface area (Å²) in [5.74, 6) is 2.33. The number of rotatable bonds is 3. The van der Waals surface area contributed by atoms with Gasteiger partial charge in [0.25, 0.3) is 0 Å². The molecule has 1 amide bonds. The number of ether oxygens (including phenoxy) is 2. The number of hydrogen-bond acceptors (Lipinski definition) is 3. The van der Waals surface area contributed by atoms with Crippen molar-refractivity contribution in [3.05, 3.63) is 23.3 Å². The molecule has 0 aromatic heterocycles. The average molecular weight is 296 g/mol. The lowest BCUT2D eigenvalue weighted by molar-refractivity contribution is -0.130. The van der Waals surface area contributed by atoms with Crippen LogP contribution in [0.4, 0.5) is 0 Å². The number of halogens is 1. The van der Waals surface area contributed by atoms with Crippen LogP contribution >= 0.6 is 11.6 Å². The third kappa shape index (κ3) is 2.70. The lowest BCUT2D eigenvalue weighted by atomic mass is 10.0. The molecule has 4 nitrogen and oxygen atoms in total. The predicted molar refractivity (Wildman–Crippen MR) is 76.8 cm³/mol. The Morgan fingerprint density at radius 1 is 1.15 bits per heavy atom. The number of benzene rings is 1. The first-order valence-corrected chi connectivity index (χ1v) is 7.56. The molecule has 0 bridgehead atoms. The van der Waals surface area contributed by atoms with Crippen LogP contribution in [0.2, 0.25) is 0 Å². The predicted octanol–water partition coefficient (Wildman–Crippen LogP) is 2.01. The standard InChI is InChI=1S/C15H18ClNO3/c16-3-1-4-17-5-2-11-8-13-14(20-7-6-19-13)9-12(11)10-15(17)18/h8-9H,1-7,10H2. The number of amides is 1. The zero-order chi connectivity index (χ0) is 13.9. The van der Waals surface area contributed by atoms with E-state index in [-0.39, 0.29) is 5.91 Å². The normalized spacial score (nSPS) is 17.6. The minimum atomic E-state index is 0.172. The van der Waals surface area contributed by atoms with Gasteiger partial charge in [0.2, 0.25) is 5.91 Å². The molecule has 20 heavy (non-hydrogen) atoms. The molecule has 2 heterocycles. The lowest BCUT2D eigenvalue weighted by Gasteiger charge is -2.20. The summed E-state index contributed by atoms with van der Waals surface area (Å²) in [6.45, 7) is 2.65. The van der Waals surface area contributed by atoms with Gasteiger partial charge in [-0.05, 0) is 36.1 Å². The molecular weight excluding hydrogens is 278 g/mol. The summed E-state index contributed by atoms with van der Waals surface area (Å²) in [6.07, 6.45) is 2.14. The molecule has 0 saturated carbocycles. The van der Waals surface area contributed by atoms with Gasteiger partial charge < -0.3 is 14.4 Å². The quantitative estimate of drug-likeness (QED) is 0.801. The fraction of sp³-hybridized carbons (Fsp3) is 0.533. The van der Waals surface area contributed by atoms with Crippen molar-refractivity contribution >= 4 is 17.5 Å². The number of alkyl halides is 1. The van der Waals surface area contributed by atoms with E-state index in [0.29, 0.717) is 25.5 Å². The van der Waals surface area contributed by atoms with Crippen LogP contribution in [0.25, 0.3) is 0 Å². The second-order valence-corrected chi connectivity index (χ2v) is 5.49. The van der Waals surface area contributed by atoms with E-state index in [1.54, 1.807) is 0 Å². The highest BCUT2D eigenvalue weighted by molar-refractivity contribution is 6.17. The fourth-order valence-corrected chi connectivity index (χ4v) is 2.83. The second kappa shape index (κ2) is 5.92. The van der Waals surface area contributed by atoms with Gasteiger partial charge in [-0.15, -0.1) is 11.6 Å². The van der Waals surface area contributed by atoms with Crippen molar-refractivity contribution in [1.29, 1.82) is 0 Å². The van der Waals surface area contributed by atoms with Gasteiger partial charge in [-0.2, -0.15) is 0 Å². The average Bonchev–Trinajstić information content (AvgIpc) is 2.61. The minimum absolute atomic E-state index is 0.172. The Morgan fingerprint density at radius 2 is 1.85 bits per heavy atom. The molecule has 2 aliphatic rings. The van der Waals surface area contributed by atoms with Crippen LogP contribution in [0.15, 0.2) is 12.1 Å². The van der Waals surface area contributed by atoms with Crippen LogP contribution < -0.4 is 9.47 Å². The zero-order valence-electron chi connectivity index (χ0n) is 11.4. The Kier molecular flexibility index (Phi) is 4.01. The van der Waals surface area contributed by atoms with Crippen molar-refractivity contribution in [3.8, 4) is 11.5 Å². The van der Waals surface area contributed by atoms with E-state index in [2.05, 4.69) is 0 Å². The molecule has 1 aromatic rings. The maximum absolute atomic E-state index is 12.3. The van der Waals surface area contributed by atoms with E-state index in [0.717, 1.165) is 43.0 Å². The third-order valence-electron chi connectivity index (χ3n) is 3.77. The van der Waals surface area contributed by atoms with Crippen LogP contribution in [0.1, 0.15) is 17.5 Å². The molecule has 5 heteroatoms. The highest BCUT2D eigenvalue weighted by Crippen LogP contribution is 2.34. The smallest absolute Gasteiger partial charge is 0.227 e. The molecule has 1 aromatic carbocycles. The Hall–Kier alpha value is -1.42. The topological polar surface area (TPSA) is 38.8 Å².